The van der Waals surface area contributed by atoms with Crippen LogP contribution in [0, 0.1) is 5.92 Å². The zero-order chi connectivity index (χ0) is 10.8. The first-order chi connectivity index (χ1) is 7.22. The Morgan fingerprint density at radius 2 is 2.33 bits per heavy atom. The molecule has 0 spiro atoms. The summed E-state index contributed by atoms with van der Waals surface area (Å²) in [7, 11) is 1.94. The highest BCUT2D eigenvalue weighted by Crippen LogP contribution is 2.34. The molecule has 2 fully saturated rings. The molecule has 2 saturated heterocycles. The fourth-order valence-electron chi connectivity index (χ4n) is 2.72. The lowest BCUT2D eigenvalue weighted by Crippen LogP contribution is -2.39. The van der Waals surface area contributed by atoms with Crippen molar-refractivity contribution in [1.82, 2.24) is 10.2 Å². The number of thioether (sulfide) groups is 1. The topological polar surface area (TPSA) is 32.3 Å². The molecule has 1 amide bonds. The van der Waals surface area contributed by atoms with Crippen LogP contribution in [0.2, 0.25) is 0 Å². The molecule has 2 rings (SSSR count). The van der Waals surface area contributed by atoms with Crippen molar-refractivity contribution < 1.29 is 4.79 Å². The molecule has 3 nitrogen and oxygen atoms in total. The summed E-state index contributed by atoms with van der Waals surface area (Å²) in [5, 5.41) is 3.52. The summed E-state index contributed by atoms with van der Waals surface area (Å²) >= 11 is 1.80. The maximum Gasteiger partial charge on any atom is 0.227 e. The van der Waals surface area contributed by atoms with Crippen LogP contribution in [0.15, 0.2) is 0 Å². The molecule has 1 N–H and O–H groups in total. The second-order valence-electron chi connectivity index (χ2n) is 4.64. The van der Waals surface area contributed by atoms with Crippen LogP contribution >= 0.6 is 11.8 Å². The molecule has 2 aliphatic rings. The van der Waals surface area contributed by atoms with Crippen molar-refractivity contribution in [2.45, 2.75) is 31.3 Å². The summed E-state index contributed by atoms with van der Waals surface area (Å²) in [6.07, 6.45) is 5.60. The normalized spacial score (nSPS) is 33.3. The van der Waals surface area contributed by atoms with E-state index in [9.17, 15) is 4.79 Å². The Labute approximate surface area is 96.0 Å². The van der Waals surface area contributed by atoms with E-state index in [1.54, 1.807) is 11.8 Å². The number of rotatable bonds is 4. The fourth-order valence-corrected chi connectivity index (χ4v) is 3.18. The molecule has 2 aliphatic heterocycles. The van der Waals surface area contributed by atoms with Crippen LogP contribution in [0.5, 0.6) is 0 Å². The molecule has 0 aliphatic carbocycles. The largest absolute Gasteiger partial charge is 0.345 e. The van der Waals surface area contributed by atoms with Gasteiger partial charge < -0.3 is 10.2 Å². The number of fused-ring (bicyclic) bond motifs is 2. The highest BCUT2D eigenvalue weighted by molar-refractivity contribution is 7.98. The Morgan fingerprint density at radius 1 is 1.53 bits per heavy atom. The van der Waals surface area contributed by atoms with Gasteiger partial charge in [0.15, 0.2) is 0 Å². The Hall–Kier alpha value is -0.220. The molecule has 0 radical (unpaired) electrons. The molecule has 0 aromatic heterocycles. The van der Waals surface area contributed by atoms with Crippen LogP contribution in [0.1, 0.15) is 19.3 Å². The quantitative estimate of drug-likeness (QED) is 0.777. The monoisotopic (exact) mass is 228 g/mol. The summed E-state index contributed by atoms with van der Waals surface area (Å²) in [6, 6.07) is 1.09. The minimum Gasteiger partial charge on any atom is -0.345 e. The number of amides is 1. The third-order valence-electron chi connectivity index (χ3n) is 3.62. The third kappa shape index (κ3) is 2.31. The zero-order valence-electron chi connectivity index (χ0n) is 9.53. The van der Waals surface area contributed by atoms with Crippen molar-refractivity contribution in [3.8, 4) is 0 Å². The number of hydrogen-bond donors (Lipinski definition) is 1. The lowest BCUT2D eigenvalue weighted by atomic mass is 9.88. The SMILES string of the molecule is CSCCN(C)C(=O)C1CC2CCC1N2. The first kappa shape index (κ1) is 11.3. The van der Waals surface area contributed by atoms with Gasteiger partial charge in [-0.2, -0.15) is 11.8 Å². The molecule has 0 aromatic carbocycles. The van der Waals surface area contributed by atoms with Crippen molar-refractivity contribution in [2.75, 3.05) is 25.6 Å². The molecular weight excluding hydrogens is 208 g/mol. The first-order valence-corrected chi connectivity index (χ1v) is 7.11. The molecule has 2 heterocycles. The van der Waals surface area contributed by atoms with Gasteiger partial charge in [0.05, 0.1) is 5.92 Å². The molecule has 3 atom stereocenters. The van der Waals surface area contributed by atoms with E-state index in [1.165, 1.54) is 12.8 Å². The minimum atomic E-state index is 0.260. The second-order valence-corrected chi connectivity index (χ2v) is 5.63. The number of carbonyl (C=O) groups excluding carboxylic acids is 1. The smallest absolute Gasteiger partial charge is 0.227 e. The maximum atomic E-state index is 12.1. The summed E-state index contributed by atoms with van der Waals surface area (Å²) in [5.41, 5.74) is 0. The molecular formula is C11H20N2OS. The Kier molecular flexibility index (Phi) is 3.57. The van der Waals surface area contributed by atoms with Gasteiger partial charge in [-0.3, -0.25) is 4.79 Å². The van der Waals surface area contributed by atoms with Crippen LogP contribution in [-0.4, -0.2) is 48.5 Å². The lowest BCUT2D eigenvalue weighted by Gasteiger charge is -2.25. The summed E-state index contributed by atoms with van der Waals surface area (Å²) in [6.45, 7) is 0.883. The minimum absolute atomic E-state index is 0.260. The van der Waals surface area contributed by atoms with Crippen molar-refractivity contribution in [2.24, 2.45) is 5.92 Å². The van der Waals surface area contributed by atoms with E-state index >= 15 is 0 Å². The lowest BCUT2D eigenvalue weighted by molar-refractivity contribution is -0.134. The Bertz CT molecular complexity index is 247. The summed E-state index contributed by atoms with van der Waals surface area (Å²) in [4.78, 5) is 14.0. The molecule has 86 valence electrons. The van der Waals surface area contributed by atoms with Crippen molar-refractivity contribution in [3.05, 3.63) is 0 Å². The average Bonchev–Trinajstić information content (AvgIpc) is 2.86. The van der Waals surface area contributed by atoms with Crippen molar-refractivity contribution in [1.29, 1.82) is 0 Å². The van der Waals surface area contributed by atoms with Gasteiger partial charge in [-0.15, -0.1) is 0 Å². The Morgan fingerprint density at radius 3 is 2.87 bits per heavy atom. The summed E-state index contributed by atoms with van der Waals surface area (Å²) < 4.78 is 0. The highest BCUT2D eigenvalue weighted by atomic mass is 32.2. The van der Waals surface area contributed by atoms with Crippen LogP contribution in [0.3, 0.4) is 0 Å². The zero-order valence-corrected chi connectivity index (χ0v) is 10.3. The van der Waals surface area contributed by atoms with Crippen molar-refractivity contribution >= 4 is 17.7 Å². The van der Waals surface area contributed by atoms with Gasteiger partial charge in [0.25, 0.3) is 0 Å². The fraction of sp³-hybridized carbons (Fsp3) is 0.909. The van der Waals surface area contributed by atoms with E-state index in [0.717, 1.165) is 18.7 Å². The number of nitrogens with zero attached hydrogens (tertiary/aromatic N) is 1. The van der Waals surface area contributed by atoms with Crippen LogP contribution < -0.4 is 5.32 Å². The standard InChI is InChI=1S/C11H20N2OS/c1-13(5-6-15-2)11(14)9-7-8-3-4-10(9)12-8/h8-10,12H,3-7H2,1-2H3. The van der Waals surface area contributed by atoms with Gasteiger partial charge in [-0.05, 0) is 25.5 Å². The van der Waals surface area contributed by atoms with E-state index < -0.39 is 0 Å². The van der Waals surface area contributed by atoms with Crippen molar-refractivity contribution in [3.63, 3.8) is 0 Å². The Balaban J connectivity index is 1.85. The molecule has 3 unspecified atom stereocenters. The van der Waals surface area contributed by atoms with Gasteiger partial charge in [-0.25, -0.2) is 0 Å². The summed E-state index contributed by atoms with van der Waals surface area (Å²) in [5.74, 6) is 1.65. The molecule has 4 heteroatoms. The van der Waals surface area contributed by atoms with Crippen LogP contribution in [0.25, 0.3) is 0 Å². The van der Waals surface area contributed by atoms with Gasteiger partial charge in [0.1, 0.15) is 0 Å². The van der Waals surface area contributed by atoms with E-state index in [-0.39, 0.29) is 5.92 Å². The predicted molar refractivity (Wildman–Crippen MR) is 64.1 cm³/mol. The number of hydrogen-bond acceptors (Lipinski definition) is 3. The highest BCUT2D eigenvalue weighted by Gasteiger charge is 2.43. The number of nitrogens with one attached hydrogen (secondary N) is 1. The number of carbonyl (C=O) groups is 1. The first-order valence-electron chi connectivity index (χ1n) is 5.72. The predicted octanol–water partition coefficient (Wildman–Crippen LogP) is 0.948. The van der Waals surface area contributed by atoms with Gasteiger partial charge in [0.2, 0.25) is 5.91 Å². The second kappa shape index (κ2) is 4.74. The van der Waals surface area contributed by atoms with E-state index in [0.29, 0.717) is 18.0 Å². The van der Waals surface area contributed by atoms with Gasteiger partial charge in [0, 0.05) is 31.4 Å². The van der Waals surface area contributed by atoms with Gasteiger partial charge in [-0.1, -0.05) is 0 Å². The molecule has 2 bridgehead atoms. The third-order valence-corrected chi connectivity index (χ3v) is 4.22. The molecule has 0 saturated carbocycles. The van der Waals surface area contributed by atoms with E-state index in [2.05, 4.69) is 11.6 Å². The van der Waals surface area contributed by atoms with Crippen LogP contribution in [0.4, 0.5) is 0 Å². The molecule has 15 heavy (non-hydrogen) atoms. The average molecular weight is 228 g/mol. The van der Waals surface area contributed by atoms with Crippen LogP contribution in [-0.2, 0) is 4.79 Å². The molecule has 0 aromatic rings. The maximum absolute atomic E-state index is 12.1. The van der Waals surface area contributed by atoms with E-state index in [4.69, 9.17) is 0 Å². The van der Waals surface area contributed by atoms with E-state index in [1.807, 2.05) is 11.9 Å². The van der Waals surface area contributed by atoms with Gasteiger partial charge >= 0.3 is 0 Å².